The molecular weight excluding hydrogens is 432 g/mol. The molecule has 2 amide bonds. The van der Waals surface area contributed by atoms with E-state index < -0.39 is 24.0 Å². The molecule has 3 rings (SSSR count). The third-order valence-corrected chi connectivity index (χ3v) is 5.28. The second-order valence-electron chi connectivity index (χ2n) is 7.94. The van der Waals surface area contributed by atoms with Gasteiger partial charge in [-0.25, -0.2) is 4.79 Å². The molecule has 34 heavy (non-hydrogen) atoms. The van der Waals surface area contributed by atoms with Gasteiger partial charge in [0.25, 0.3) is 0 Å². The lowest BCUT2D eigenvalue weighted by Crippen LogP contribution is -2.52. The molecule has 7 heteroatoms. The molecule has 7 nitrogen and oxygen atoms in total. The lowest BCUT2D eigenvalue weighted by molar-refractivity contribution is -0.142. The number of carbonyl (C=O) groups excluding carboxylic acids is 3. The predicted octanol–water partition coefficient (Wildman–Crippen LogP) is 2.78. The molecule has 0 saturated carbocycles. The molecule has 3 aromatic rings. The number of carboxylic acids is 1. The van der Waals surface area contributed by atoms with Crippen LogP contribution in [0.3, 0.4) is 0 Å². The van der Waals surface area contributed by atoms with Crippen molar-refractivity contribution < 1.29 is 24.3 Å². The number of carbonyl (C=O) groups is 4. The second kappa shape index (κ2) is 11.6. The van der Waals surface area contributed by atoms with Crippen LogP contribution >= 0.6 is 0 Å². The van der Waals surface area contributed by atoms with E-state index in [0.29, 0.717) is 16.7 Å². The Balaban J connectivity index is 1.69. The molecule has 0 aliphatic heterocycles. The smallest absolute Gasteiger partial charge is 0.326 e. The van der Waals surface area contributed by atoms with E-state index >= 15 is 0 Å². The Hall–Kier alpha value is -4.26. The van der Waals surface area contributed by atoms with Gasteiger partial charge >= 0.3 is 5.97 Å². The van der Waals surface area contributed by atoms with Crippen LogP contribution in [-0.4, -0.2) is 40.8 Å². The van der Waals surface area contributed by atoms with E-state index in [2.05, 4.69) is 10.6 Å². The molecule has 0 unspecified atom stereocenters. The maximum absolute atomic E-state index is 12.9. The van der Waals surface area contributed by atoms with Crippen LogP contribution in [0.15, 0.2) is 84.9 Å². The third kappa shape index (κ3) is 6.87. The summed E-state index contributed by atoms with van der Waals surface area (Å²) in [6, 6.07) is 22.5. The van der Waals surface area contributed by atoms with E-state index in [1.165, 1.54) is 6.92 Å². The summed E-state index contributed by atoms with van der Waals surface area (Å²) in [5.41, 5.74) is 2.53. The fraction of sp³-hybridized carbons (Fsp3) is 0.185. The minimum Gasteiger partial charge on any atom is -0.480 e. The van der Waals surface area contributed by atoms with Crippen molar-refractivity contribution in [1.82, 2.24) is 10.6 Å². The van der Waals surface area contributed by atoms with Crippen molar-refractivity contribution in [3.63, 3.8) is 0 Å². The van der Waals surface area contributed by atoms with Gasteiger partial charge in [-0.05, 0) is 11.1 Å². The summed E-state index contributed by atoms with van der Waals surface area (Å²) in [7, 11) is 0. The molecule has 3 N–H and O–H groups in total. The molecule has 174 valence electrons. The Labute approximate surface area is 197 Å². The van der Waals surface area contributed by atoms with E-state index in [1.807, 2.05) is 36.4 Å². The van der Waals surface area contributed by atoms with Gasteiger partial charge < -0.3 is 15.7 Å². The number of rotatable bonds is 10. The molecule has 0 saturated heterocycles. The molecule has 0 aromatic heterocycles. The third-order valence-electron chi connectivity index (χ3n) is 5.28. The average molecular weight is 459 g/mol. The molecule has 2 atom stereocenters. The first-order chi connectivity index (χ1) is 16.3. The van der Waals surface area contributed by atoms with Crippen LogP contribution in [0.25, 0.3) is 0 Å². The molecule has 0 aliphatic carbocycles. The minimum atomic E-state index is -1.20. The molecule has 0 spiro atoms. The van der Waals surface area contributed by atoms with Gasteiger partial charge in [0.2, 0.25) is 11.8 Å². The molecule has 0 bridgehead atoms. The van der Waals surface area contributed by atoms with Crippen LogP contribution < -0.4 is 10.6 Å². The lowest BCUT2D eigenvalue weighted by Gasteiger charge is -2.21. The van der Waals surface area contributed by atoms with E-state index in [1.54, 1.807) is 48.5 Å². The Morgan fingerprint density at radius 2 is 1.18 bits per heavy atom. The molecule has 0 heterocycles. The Bertz CT molecular complexity index is 1140. The van der Waals surface area contributed by atoms with Gasteiger partial charge in [-0.15, -0.1) is 0 Å². The highest BCUT2D eigenvalue weighted by Gasteiger charge is 2.26. The van der Waals surface area contributed by atoms with Gasteiger partial charge in [-0.2, -0.15) is 0 Å². The Morgan fingerprint density at radius 3 is 1.74 bits per heavy atom. The number of nitrogens with one attached hydrogen (secondary N) is 2. The zero-order valence-electron chi connectivity index (χ0n) is 18.7. The number of benzene rings is 3. The molecule has 0 radical (unpaired) electrons. The van der Waals surface area contributed by atoms with Crippen molar-refractivity contribution in [1.29, 1.82) is 0 Å². The number of carboxylic acid groups (broad SMARTS) is 1. The lowest BCUT2D eigenvalue weighted by atomic mass is 9.99. The summed E-state index contributed by atoms with van der Waals surface area (Å²) in [6.07, 6.45) is 0.258. The zero-order chi connectivity index (χ0) is 24.5. The van der Waals surface area contributed by atoms with E-state index in [4.69, 9.17) is 0 Å². The van der Waals surface area contributed by atoms with Crippen LogP contribution in [-0.2, 0) is 27.2 Å². The van der Waals surface area contributed by atoms with Crippen molar-refractivity contribution in [2.45, 2.75) is 31.8 Å². The predicted molar refractivity (Wildman–Crippen MR) is 127 cm³/mol. The van der Waals surface area contributed by atoms with Crippen molar-refractivity contribution in [2.75, 3.05) is 0 Å². The summed E-state index contributed by atoms with van der Waals surface area (Å²) >= 11 is 0. The van der Waals surface area contributed by atoms with E-state index in [-0.39, 0.29) is 24.5 Å². The highest BCUT2D eigenvalue weighted by molar-refractivity contribution is 6.08. The van der Waals surface area contributed by atoms with Crippen LogP contribution in [0.4, 0.5) is 0 Å². The highest BCUT2D eigenvalue weighted by Crippen LogP contribution is 2.13. The van der Waals surface area contributed by atoms with Gasteiger partial charge in [0.15, 0.2) is 5.78 Å². The van der Waals surface area contributed by atoms with Gasteiger partial charge in [0.1, 0.15) is 12.1 Å². The SMILES string of the molecule is CC(=O)N[C@H](Cc1ccccc1)C(=O)N[C@@H](Cc1ccc(C(=O)c2ccccc2)cc1)C(=O)O. The summed E-state index contributed by atoms with van der Waals surface area (Å²) in [4.78, 5) is 48.9. The minimum absolute atomic E-state index is 0.0268. The number of hydrogen-bond donors (Lipinski definition) is 3. The number of amides is 2. The fourth-order valence-electron chi connectivity index (χ4n) is 3.56. The largest absolute Gasteiger partial charge is 0.480 e. The summed E-state index contributed by atoms with van der Waals surface area (Å²) in [6.45, 7) is 1.30. The monoisotopic (exact) mass is 458 g/mol. The summed E-state index contributed by atoms with van der Waals surface area (Å²) in [5, 5.41) is 14.8. The first-order valence-corrected chi connectivity index (χ1v) is 10.9. The van der Waals surface area contributed by atoms with E-state index in [0.717, 1.165) is 5.56 Å². The van der Waals surface area contributed by atoms with Crippen LogP contribution in [0.1, 0.15) is 34.0 Å². The van der Waals surface area contributed by atoms with Crippen molar-refractivity contribution in [3.8, 4) is 0 Å². The number of aliphatic carboxylic acids is 1. The molecule has 0 fully saturated rings. The quantitative estimate of drug-likeness (QED) is 0.405. The van der Waals surface area contributed by atoms with Crippen molar-refractivity contribution in [2.24, 2.45) is 0 Å². The van der Waals surface area contributed by atoms with Gasteiger partial charge in [-0.1, -0.05) is 84.9 Å². The van der Waals surface area contributed by atoms with Crippen molar-refractivity contribution >= 4 is 23.6 Å². The standard InChI is InChI=1S/C27H26N2O5/c1-18(30)28-23(16-19-8-4-2-5-9-19)26(32)29-24(27(33)34)17-20-12-14-22(15-13-20)25(31)21-10-6-3-7-11-21/h2-15,23-24H,16-17H2,1H3,(H,28,30)(H,29,32)(H,33,34)/t23-,24+/m1/s1. The molecule has 0 aliphatic rings. The van der Waals surface area contributed by atoms with Gasteiger partial charge in [0.05, 0.1) is 0 Å². The highest BCUT2D eigenvalue weighted by atomic mass is 16.4. The number of hydrogen-bond acceptors (Lipinski definition) is 4. The van der Waals surface area contributed by atoms with Gasteiger partial charge in [0, 0.05) is 30.9 Å². The summed E-state index contributed by atoms with van der Waals surface area (Å²) in [5.74, 6) is -2.29. The maximum Gasteiger partial charge on any atom is 0.326 e. The Morgan fingerprint density at radius 1 is 0.676 bits per heavy atom. The fourth-order valence-corrected chi connectivity index (χ4v) is 3.56. The van der Waals surface area contributed by atoms with Crippen LogP contribution in [0, 0.1) is 0 Å². The Kier molecular flexibility index (Phi) is 8.29. The zero-order valence-corrected chi connectivity index (χ0v) is 18.7. The first kappa shape index (κ1) is 24.4. The first-order valence-electron chi connectivity index (χ1n) is 10.9. The summed E-state index contributed by atoms with van der Waals surface area (Å²) < 4.78 is 0. The van der Waals surface area contributed by atoms with E-state index in [9.17, 15) is 24.3 Å². The topological polar surface area (TPSA) is 113 Å². The molecule has 3 aromatic carbocycles. The van der Waals surface area contributed by atoms with Crippen LogP contribution in [0.2, 0.25) is 0 Å². The van der Waals surface area contributed by atoms with Gasteiger partial charge in [-0.3, -0.25) is 14.4 Å². The van der Waals surface area contributed by atoms with Crippen LogP contribution in [0.5, 0.6) is 0 Å². The normalized spacial score (nSPS) is 12.3. The number of ketones is 1. The van der Waals surface area contributed by atoms with Crippen molar-refractivity contribution in [3.05, 3.63) is 107 Å². The average Bonchev–Trinajstić information content (AvgIpc) is 2.84. The second-order valence-corrected chi connectivity index (χ2v) is 7.94. The molecular formula is C27H26N2O5. The maximum atomic E-state index is 12.9.